The second-order valence-corrected chi connectivity index (χ2v) is 10.6. The van der Waals surface area contributed by atoms with Crippen LogP contribution in [0, 0.1) is 6.92 Å². The van der Waals surface area contributed by atoms with Crippen molar-refractivity contribution in [1.82, 2.24) is 24.9 Å². The highest BCUT2D eigenvalue weighted by atomic mass is 16.5. The molecule has 6 rings (SSSR count). The number of anilines is 1. The van der Waals surface area contributed by atoms with Gasteiger partial charge in [-0.25, -0.2) is 15.0 Å². The van der Waals surface area contributed by atoms with E-state index in [0.717, 1.165) is 82.6 Å². The lowest BCUT2D eigenvalue weighted by Crippen LogP contribution is -2.42. The number of nitrogens with one attached hydrogen (secondary N) is 2. The zero-order valence-corrected chi connectivity index (χ0v) is 23.0. The number of carbonyl (C=O) groups excluding carboxylic acids is 1. The summed E-state index contributed by atoms with van der Waals surface area (Å²) >= 11 is 0. The number of ether oxygens (including phenoxy) is 1. The number of amides is 1. The summed E-state index contributed by atoms with van der Waals surface area (Å²) in [6.45, 7) is 8.73. The molecule has 9 nitrogen and oxygen atoms in total. The SMILES string of the molecule is CCOc1ccc(-c2nc(C3(C)CCN(c4ncnc5[nH]c(-c6ccc(C(N)=O)cc6)cc45)CC3)[nH]c2C)cc1. The molecule has 0 bridgehead atoms. The van der Waals surface area contributed by atoms with Gasteiger partial charge in [-0.3, -0.25) is 4.79 Å². The van der Waals surface area contributed by atoms with Crippen molar-refractivity contribution >= 4 is 22.8 Å². The van der Waals surface area contributed by atoms with E-state index in [4.69, 9.17) is 15.5 Å². The van der Waals surface area contributed by atoms with E-state index in [-0.39, 0.29) is 5.41 Å². The largest absolute Gasteiger partial charge is 0.494 e. The van der Waals surface area contributed by atoms with Gasteiger partial charge in [0.15, 0.2) is 0 Å². The number of benzene rings is 2. The molecule has 0 atom stereocenters. The fourth-order valence-electron chi connectivity index (χ4n) is 5.50. The van der Waals surface area contributed by atoms with Gasteiger partial charge in [0, 0.05) is 41.0 Å². The van der Waals surface area contributed by atoms with Crippen molar-refractivity contribution in [3.8, 4) is 28.3 Å². The van der Waals surface area contributed by atoms with Crippen molar-refractivity contribution in [2.45, 2.75) is 39.0 Å². The highest BCUT2D eigenvalue weighted by molar-refractivity contribution is 5.94. The fourth-order valence-corrected chi connectivity index (χ4v) is 5.50. The Morgan fingerprint density at radius 2 is 1.73 bits per heavy atom. The predicted molar refractivity (Wildman–Crippen MR) is 157 cm³/mol. The molecule has 1 aliphatic rings. The molecule has 1 fully saturated rings. The van der Waals surface area contributed by atoms with Gasteiger partial charge >= 0.3 is 0 Å². The van der Waals surface area contributed by atoms with Crippen LogP contribution in [0.25, 0.3) is 33.5 Å². The number of carbonyl (C=O) groups is 1. The van der Waals surface area contributed by atoms with Crippen LogP contribution in [0.15, 0.2) is 60.9 Å². The molecule has 0 saturated carbocycles. The molecule has 5 aromatic rings. The van der Waals surface area contributed by atoms with E-state index in [1.807, 2.05) is 31.2 Å². The summed E-state index contributed by atoms with van der Waals surface area (Å²) in [4.78, 5) is 35.0. The normalized spacial score (nSPS) is 14.9. The van der Waals surface area contributed by atoms with E-state index < -0.39 is 5.91 Å². The van der Waals surface area contributed by atoms with Gasteiger partial charge in [0.05, 0.1) is 17.7 Å². The highest BCUT2D eigenvalue weighted by Crippen LogP contribution is 2.38. The number of nitrogens with two attached hydrogens (primary N) is 1. The minimum absolute atomic E-state index is 0.0671. The van der Waals surface area contributed by atoms with Crippen molar-refractivity contribution in [3.63, 3.8) is 0 Å². The Bertz CT molecular complexity index is 1660. The second-order valence-electron chi connectivity index (χ2n) is 10.6. The van der Waals surface area contributed by atoms with Crippen LogP contribution in [0.4, 0.5) is 5.82 Å². The molecule has 0 unspecified atom stereocenters. The lowest BCUT2D eigenvalue weighted by Gasteiger charge is -2.38. The first kappa shape index (κ1) is 25.6. The Balaban J connectivity index is 1.21. The Kier molecular flexibility index (Phi) is 6.50. The molecule has 0 radical (unpaired) electrons. The third-order valence-corrected chi connectivity index (χ3v) is 7.95. The van der Waals surface area contributed by atoms with Crippen molar-refractivity contribution < 1.29 is 9.53 Å². The van der Waals surface area contributed by atoms with Gasteiger partial charge in [0.1, 0.15) is 29.4 Å². The number of piperidine rings is 1. The number of hydrogen-bond acceptors (Lipinski definition) is 6. The maximum Gasteiger partial charge on any atom is 0.248 e. The molecule has 40 heavy (non-hydrogen) atoms. The number of hydrogen-bond donors (Lipinski definition) is 3. The molecule has 9 heteroatoms. The van der Waals surface area contributed by atoms with E-state index in [1.165, 1.54) is 0 Å². The summed E-state index contributed by atoms with van der Waals surface area (Å²) in [6.07, 6.45) is 3.50. The van der Waals surface area contributed by atoms with Crippen LogP contribution < -0.4 is 15.4 Å². The standard InChI is InChI=1S/C31H33N7O2/c1-4-40-23-11-9-21(10-12-23)26-19(2)35-30(37-26)31(3)13-15-38(16-14-31)29-24-17-25(36-28(24)33-18-34-29)20-5-7-22(8-6-20)27(32)39/h5-12,17-18H,4,13-16H2,1-3H3,(H2,32,39)(H,35,37)(H,33,34,36). The van der Waals surface area contributed by atoms with E-state index in [1.54, 1.807) is 18.5 Å². The summed E-state index contributed by atoms with van der Waals surface area (Å²) in [5.41, 5.74) is 11.6. The van der Waals surface area contributed by atoms with Crippen LogP contribution in [0.1, 0.15) is 48.6 Å². The van der Waals surface area contributed by atoms with Crippen molar-refractivity contribution in [2.24, 2.45) is 5.73 Å². The van der Waals surface area contributed by atoms with E-state index in [9.17, 15) is 4.79 Å². The van der Waals surface area contributed by atoms with Gasteiger partial charge < -0.3 is 25.3 Å². The lowest BCUT2D eigenvalue weighted by molar-refractivity contribution is 0.100. The van der Waals surface area contributed by atoms with Gasteiger partial charge in [-0.1, -0.05) is 19.1 Å². The van der Waals surface area contributed by atoms with E-state index >= 15 is 0 Å². The van der Waals surface area contributed by atoms with Crippen LogP contribution in [0.3, 0.4) is 0 Å². The number of nitrogens with zero attached hydrogens (tertiary/aromatic N) is 4. The summed E-state index contributed by atoms with van der Waals surface area (Å²) in [7, 11) is 0. The van der Waals surface area contributed by atoms with Gasteiger partial charge in [0.25, 0.3) is 0 Å². The number of aromatic amines is 2. The number of aryl methyl sites for hydroxylation is 1. The topological polar surface area (TPSA) is 126 Å². The molecule has 1 saturated heterocycles. The first-order valence-electron chi connectivity index (χ1n) is 13.6. The number of primary amides is 1. The smallest absolute Gasteiger partial charge is 0.248 e. The Hall–Kier alpha value is -4.66. The number of fused-ring (bicyclic) bond motifs is 1. The Labute approximate surface area is 232 Å². The monoisotopic (exact) mass is 535 g/mol. The van der Waals surface area contributed by atoms with E-state index in [0.29, 0.717) is 12.2 Å². The number of aromatic nitrogens is 5. The molecular weight excluding hydrogens is 502 g/mol. The number of rotatable bonds is 7. The first-order valence-corrected chi connectivity index (χ1v) is 13.6. The average Bonchev–Trinajstić information content (AvgIpc) is 3.58. The highest BCUT2D eigenvalue weighted by Gasteiger charge is 2.36. The maximum absolute atomic E-state index is 11.4. The summed E-state index contributed by atoms with van der Waals surface area (Å²) in [5, 5.41) is 0.978. The van der Waals surface area contributed by atoms with Crippen molar-refractivity contribution in [2.75, 3.05) is 24.6 Å². The molecule has 0 aliphatic carbocycles. The average molecular weight is 536 g/mol. The van der Waals surface area contributed by atoms with Crippen molar-refractivity contribution in [3.05, 3.63) is 78.0 Å². The molecule has 3 aromatic heterocycles. The second kappa shape index (κ2) is 10.1. The zero-order chi connectivity index (χ0) is 27.9. The first-order chi connectivity index (χ1) is 19.3. The van der Waals surface area contributed by atoms with Gasteiger partial charge in [-0.15, -0.1) is 0 Å². The van der Waals surface area contributed by atoms with Crippen LogP contribution in [-0.4, -0.2) is 50.5 Å². The Morgan fingerprint density at radius 3 is 2.40 bits per heavy atom. The van der Waals surface area contributed by atoms with E-state index in [2.05, 4.69) is 56.9 Å². The van der Waals surface area contributed by atoms with Crippen LogP contribution in [0.5, 0.6) is 5.75 Å². The minimum atomic E-state index is -0.439. The molecule has 204 valence electrons. The summed E-state index contributed by atoms with van der Waals surface area (Å²) < 4.78 is 5.59. The maximum atomic E-state index is 11.4. The van der Waals surface area contributed by atoms with Gasteiger partial charge in [-0.2, -0.15) is 0 Å². The quantitative estimate of drug-likeness (QED) is 0.257. The third kappa shape index (κ3) is 4.68. The van der Waals surface area contributed by atoms with Gasteiger partial charge in [-0.05, 0) is 74.7 Å². The minimum Gasteiger partial charge on any atom is -0.494 e. The molecular formula is C31H33N7O2. The molecule has 4 heterocycles. The molecule has 2 aromatic carbocycles. The molecule has 0 spiro atoms. The van der Waals surface area contributed by atoms with Crippen LogP contribution in [0.2, 0.25) is 0 Å². The third-order valence-electron chi connectivity index (χ3n) is 7.95. The summed E-state index contributed by atoms with van der Waals surface area (Å²) in [5.74, 6) is 2.39. The molecule has 1 aliphatic heterocycles. The number of H-pyrrole nitrogens is 2. The predicted octanol–water partition coefficient (Wildman–Crippen LogP) is 5.38. The Morgan fingerprint density at radius 1 is 1.02 bits per heavy atom. The zero-order valence-electron chi connectivity index (χ0n) is 23.0. The van der Waals surface area contributed by atoms with Crippen molar-refractivity contribution in [1.29, 1.82) is 0 Å². The molecule has 4 N–H and O–H groups in total. The molecule has 1 amide bonds. The number of imidazole rings is 1. The van der Waals surface area contributed by atoms with Crippen LogP contribution in [-0.2, 0) is 5.41 Å². The van der Waals surface area contributed by atoms with Crippen LogP contribution >= 0.6 is 0 Å². The van der Waals surface area contributed by atoms with Gasteiger partial charge in [0.2, 0.25) is 5.91 Å². The lowest BCUT2D eigenvalue weighted by atomic mass is 9.79. The summed E-state index contributed by atoms with van der Waals surface area (Å²) in [6, 6.07) is 17.5. The fraction of sp³-hybridized carbons (Fsp3) is 0.290.